The molecule has 0 N–H and O–H groups in total. The second-order valence-electron chi connectivity index (χ2n) is 7.67. The summed E-state index contributed by atoms with van der Waals surface area (Å²) in [4.78, 5) is 15.4. The van der Waals surface area contributed by atoms with E-state index >= 15 is 0 Å². The zero-order chi connectivity index (χ0) is 23.5. The van der Waals surface area contributed by atoms with Crippen molar-refractivity contribution in [3.63, 3.8) is 0 Å². The van der Waals surface area contributed by atoms with Crippen LogP contribution in [0.2, 0.25) is 0 Å². The summed E-state index contributed by atoms with van der Waals surface area (Å²) < 4.78 is 13.8. The van der Waals surface area contributed by atoms with Gasteiger partial charge in [0.25, 0.3) is 5.91 Å². The van der Waals surface area contributed by atoms with Gasteiger partial charge in [0.15, 0.2) is 4.32 Å². The molecule has 3 aromatic carbocycles. The van der Waals surface area contributed by atoms with Gasteiger partial charge in [-0.3, -0.25) is 9.69 Å². The van der Waals surface area contributed by atoms with Crippen molar-refractivity contribution in [2.24, 2.45) is 0 Å². The molecule has 5 rings (SSSR count). The summed E-state index contributed by atoms with van der Waals surface area (Å²) in [6.07, 6.45) is 4.00. The molecule has 1 aliphatic rings. The number of carbonyl (C=O) groups is 1. The van der Waals surface area contributed by atoms with Crippen LogP contribution in [0.3, 0.4) is 0 Å². The third kappa shape index (κ3) is 4.44. The Morgan fingerprint density at radius 3 is 2.44 bits per heavy atom. The van der Waals surface area contributed by atoms with Gasteiger partial charge in [-0.1, -0.05) is 60.4 Å². The molecule has 34 heavy (non-hydrogen) atoms. The first-order valence-corrected chi connectivity index (χ1v) is 12.0. The average Bonchev–Trinajstić information content (AvgIpc) is 3.36. The number of amides is 1. The zero-order valence-corrected chi connectivity index (χ0v) is 20.1. The van der Waals surface area contributed by atoms with E-state index in [1.165, 1.54) is 11.8 Å². The van der Waals surface area contributed by atoms with Gasteiger partial charge < -0.3 is 14.0 Å². The predicted molar refractivity (Wildman–Crippen MR) is 143 cm³/mol. The molecule has 0 saturated carbocycles. The molecule has 0 unspecified atom stereocenters. The van der Waals surface area contributed by atoms with Crippen LogP contribution in [-0.2, 0) is 11.3 Å². The van der Waals surface area contributed by atoms with Crippen molar-refractivity contribution in [2.75, 3.05) is 18.6 Å². The van der Waals surface area contributed by atoms with Gasteiger partial charge in [0.05, 0.1) is 24.2 Å². The number of methoxy groups -OCH3 is 1. The molecule has 0 aliphatic carbocycles. The van der Waals surface area contributed by atoms with Crippen LogP contribution in [0.25, 0.3) is 17.0 Å². The van der Waals surface area contributed by atoms with E-state index in [9.17, 15) is 4.79 Å². The Hall–Kier alpha value is -3.55. The molecule has 5 nitrogen and oxygen atoms in total. The monoisotopic (exact) mass is 486 g/mol. The lowest BCUT2D eigenvalue weighted by Gasteiger charge is -2.14. The summed E-state index contributed by atoms with van der Waals surface area (Å²) in [6.45, 7) is 1.23. The molecule has 1 amide bonds. The maximum absolute atomic E-state index is 13.2. The van der Waals surface area contributed by atoms with E-state index < -0.39 is 0 Å². The minimum Gasteiger partial charge on any atom is -0.497 e. The number of carbonyl (C=O) groups excluding carboxylic acids is 1. The molecule has 1 aromatic heterocycles. The van der Waals surface area contributed by atoms with E-state index in [2.05, 4.69) is 22.9 Å². The van der Waals surface area contributed by atoms with Crippen molar-refractivity contribution in [1.29, 1.82) is 0 Å². The molecule has 0 radical (unpaired) electrons. The summed E-state index contributed by atoms with van der Waals surface area (Å²) >= 11 is 6.85. The van der Waals surface area contributed by atoms with E-state index in [0.29, 0.717) is 22.4 Å². The number of thioether (sulfide) groups is 1. The molecule has 170 valence electrons. The number of para-hydroxylation sites is 2. The lowest BCUT2D eigenvalue weighted by Crippen LogP contribution is -2.27. The van der Waals surface area contributed by atoms with Gasteiger partial charge in [-0.15, -0.1) is 0 Å². The van der Waals surface area contributed by atoms with Gasteiger partial charge in [-0.2, -0.15) is 0 Å². The fraction of sp³-hybridized carbons (Fsp3) is 0.111. The number of anilines is 1. The molecular weight excluding hydrogens is 464 g/mol. The van der Waals surface area contributed by atoms with Crippen LogP contribution in [-0.4, -0.2) is 28.5 Å². The number of fused-ring (bicyclic) bond motifs is 1. The molecule has 0 bridgehead atoms. The van der Waals surface area contributed by atoms with Gasteiger partial charge in [0.2, 0.25) is 0 Å². The Morgan fingerprint density at radius 2 is 1.68 bits per heavy atom. The fourth-order valence-corrected chi connectivity index (χ4v) is 5.21. The highest BCUT2D eigenvalue weighted by Crippen LogP contribution is 2.37. The summed E-state index contributed by atoms with van der Waals surface area (Å²) in [7, 11) is 1.61. The average molecular weight is 487 g/mol. The number of hydrogen-bond acceptors (Lipinski definition) is 5. The molecule has 1 fully saturated rings. The Balaban J connectivity index is 1.40. The second-order valence-corrected chi connectivity index (χ2v) is 9.35. The highest BCUT2D eigenvalue weighted by molar-refractivity contribution is 8.27. The summed E-state index contributed by atoms with van der Waals surface area (Å²) in [6, 6.07) is 25.3. The number of thiocarbonyl (C=S) groups is 1. The molecular formula is C27H22N2O3S2. The normalized spacial score (nSPS) is 14.9. The maximum Gasteiger partial charge on any atom is 0.270 e. The van der Waals surface area contributed by atoms with Crippen LogP contribution in [0.1, 0.15) is 5.56 Å². The Labute approximate surface area is 207 Å². The van der Waals surface area contributed by atoms with E-state index in [1.807, 2.05) is 72.8 Å². The van der Waals surface area contributed by atoms with E-state index in [1.54, 1.807) is 12.0 Å². The molecule has 1 aliphatic heterocycles. The van der Waals surface area contributed by atoms with Gasteiger partial charge in [-0.05, 0) is 48.5 Å². The SMILES string of the molecule is COc1ccc(N2C(=O)/C(=C\c3cn(CCOc4ccccc4)c4ccccc34)SC2=S)cc1. The van der Waals surface area contributed by atoms with E-state index in [4.69, 9.17) is 21.7 Å². The van der Waals surface area contributed by atoms with Gasteiger partial charge in [-0.25, -0.2) is 0 Å². The standard InChI is InChI=1S/C27H22N2O3S2/c1-31-21-13-11-20(12-14-21)29-26(30)25(34-27(29)33)17-19-18-28(24-10-6-5-9-23(19)24)15-16-32-22-7-3-2-4-8-22/h2-14,17-18H,15-16H2,1H3/b25-17+. The molecule has 0 spiro atoms. The van der Waals surface area contributed by atoms with Crippen molar-refractivity contribution in [3.05, 3.63) is 95.5 Å². The van der Waals surface area contributed by atoms with Gasteiger partial charge >= 0.3 is 0 Å². The van der Waals surface area contributed by atoms with Gasteiger partial charge in [0, 0.05) is 22.7 Å². The summed E-state index contributed by atoms with van der Waals surface area (Å²) in [5, 5.41) is 1.08. The minimum atomic E-state index is -0.121. The third-order valence-electron chi connectivity index (χ3n) is 5.57. The lowest BCUT2D eigenvalue weighted by atomic mass is 10.1. The minimum absolute atomic E-state index is 0.121. The first kappa shape index (κ1) is 22.3. The lowest BCUT2D eigenvalue weighted by molar-refractivity contribution is -0.113. The predicted octanol–water partition coefficient (Wildman–Crippen LogP) is 6.13. The number of aromatic nitrogens is 1. The molecule has 1 saturated heterocycles. The first-order chi connectivity index (χ1) is 16.6. The highest BCUT2D eigenvalue weighted by atomic mass is 32.2. The number of hydrogen-bond donors (Lipinski definition) is 0. The molecule has 2 heterocycles. The maximum atomic E-state index is 13.2. The smallest absolute Gasteiger partial charge is 0.270 e. The summed E-state index contributed by atoms with van der Waals surface area (Å²) in [5.74, 6) is 1.46. The molecule has 4 aromatic rings. The number of nitrogens with zero attached hydrogens (tertiary/aromatic N) is 2. The number of ether oxygens (including phenoxy) is 2. The third-order valence-corrected chi connectivity index (χ3v) is 6.88. The quantitative estimate of drug-likeness (QED) is 0.232. The van der Waals surface area contributed by atoms with Crippen LogP contribution in [0.15, 0.2) is 90.0 Å². The largest absolute Gasteiger partial charge is 0.497 e. The topological polar surface area (TPSA) is 43.7 Å². The van der Waals surface area contributed by atoms with Crippen LogP contribution in [0, 0.1) is 0 Å². The second kappa shape index (κ2) is 9.75. The first-order valence-electron chi connectivity index (χ1n) is 10.8. The van der Waals surface area contributed by atoms with Crippen molar-refractivity contribution in [2.45, 2.75) is 6.54 Å². The van der Waals surface area contributed by atoms with Crippen molar-refractivity contribution in [1.82, 2.24) is 4.57 Å². The van der Waals surface area contributed by atoms with Crippen molar-refractivity contribution < 1.29 is 14.3 Å². The van der Waals surface area contributed by atoms with Crippen LogP contribution in [0.4, 0.5) is 5.69 Å². The molecule has 0 atom stereocenters. The van der Waals surface area contributed by atoms with E-state index in [0.717, 1.165) is 33.7 Å². The number of benzene rings is 3. The van der Waals surface area contributed by atoms with Crippen LogP contribution >= 0.6 is 24.0 Å². The number of rotatable bonds is 7. The van der Waals surface area contributed by atoms with Crippen LogP contribution in [0.5, 0.6) is 11.5 Å². The van der Waals surface area contributed by atoms with E-state index in [-0.39, 0.29) is 5.91 Å². The summed E-state index contributed by atoms with van der Waals surface area (Å²) in [5.41, 5.74) is 2.80. The highest BCUT2D eigenvalue weighted by Gasteiger charge is 2.33. The molecule has 7 heteroatoms. The zero-order valence-electron chi connectivity index (χ0n) is 18.5. The Morgan fingerprint density at radius 1 is 0.941 bits per heavy atom. The Bertz CT molecular complexity index is 1380. The van der Waals surface area contributed by atoms with Gasteiger partial charge in [0.1, 0.15) is 18.1 Å². The van der Waals surface area contributed by atoms with Crippen LogP contribution < -0.4 is 14.4 Å². The fourth-order valence-electron chi connectivity index (χ4n) is 3.92. The Kier molecular flexibility index (Phi) is 6.38. The van der Waals surface area contributed by atoms with Crippen molar-refractivity contribution in [3.8, 4) is 11.5 Å². The van der Waals surface area contributed by atoms with Crippen molar-refractivity contribution >= 4 is 56.9 Å².